The Kier molecular flexibility index (Phi) is 7.17. The lowest BCUT2D eigenvalue weighted by Crippen LogP contribution is -2.49. The number of anilines is 1. The minimum absolute atomic E-state index is 0.284. The summed E-state index contributed by atoms with van der Waals surface area (Å²) in [6.07, 6.45) is 2.18. The van der Waals surface area contributed by atoms with E-state index in [0.29, 0.717) is 28.7 Å². The zero-order valence-electron chi connectivity index (χ0n) is 17.6. The SMILES string of the molecule is O=C(Nc1ccc(Cl)c(Cl)c1)NC(Cc1c[nH]c2ccccc12)C(=O)NCc1ccccc1. The first-order valence-electron chi connectivity index (χ1n) is 10.4. The first-order valence-corrected chi connectivity index (χ1v) is 11.1. The van der Waals surface area contributed by atoms with E-state index < -0.39 is 12.1 Å². The molecule has 1 aromatic heterocycles. The van der Waals surface area contributed by atoms with Gasteiger partial charge < -0.3 is 20.9 Å². The minimum Gasteiger partial charge on any atom is -0.361 e. The molecule has 0 saturated carbocycles. The van der Waals surface area contributed by atoms with Crippen LogP contribution in [0, 0.1) is 0 Å². The van der Waals surface area contributed by atoms with Gasteiger partial charge in [-0.2, -0.15) is 0 Å². The molecule has 0 radical (unpaired) electrons. The Morgan fingerprint density at radius 2 is 1.67 bits per heavy atom. The number of fused-ring (bicyclic) bond motifs is 1. The summed E-state index contributed by atoms with van der Waals surface area (Å²) in [4.78, 5) is 29.0. The topological polar surface area (TPSA) is 86.0 Å². The van der Waals surface area contributed by atoms with Gasteiger partial charge in [-0.15, -0.1) is 0 Å². The third-order valence-corrected chi connectivity index (χ3v) is 5.95. The molecule has 1 unspecified atom stereocenters. The van der Waals surface area contributed by atoms with Crippen LogP contribution in [0.25, 0.3) is 10.9 Å². The van der Waals surface area contributed by atoms with Crippen LogP contribution in [0.1, 0.15) is 11.1 Å². The second kappa shape index (κ2) is 10.4. The van der Waals surface area contributed by atoms with Gasteiger partial charge in [0.1, 0.15) is 6.04 Å². The monoisotopic (exact) mass is 480 g/mol. The summed E-state index contributed by atoms with van der Waals surface area (Å²) in [5.41, 5.74) is 3.34. The molecule has 1 atom stereocenters. The summed E-state index contributed by atoms with van der Waals surface area (Å²) in [7, 11) is 0. The lowest BCUT2D eigenvalue weighted by atomic mass is 10.0. The number of para-hydroxylation sites is 1. The molecular formula is C25H22Cl2N4O2. The van der Waals surface area contributed by atoms with E-state index in [1.54, 1.807) is 18.2 Å². The van der Waals surface area contributed by atoms with Crippen molar-refractivity contribution in [3.05, 3.63) is 100 Å². The first kappa shape index (κ1) is 22.7. The minimum atomic E-state index is -0.796. The summed E-state index contributed by atoms with van der Waals surface area (Å²) in [6, 6.07) is 20.9. The van der Waals surface area contributed by atoms with Gasteiger partial charge in [0.05, 0.1) is 10.0 Å². The second-order valence-electron chi connectivity index (χ2n) is 7.55. The van der Waals surface area contributed by atoms with Crippen LogP contribution in [0.5, 0.6) is 0 Å². The molecule has 6 nitrogen and oxygen atoms in total. The number of carbonyl (C=O) groups excluding carboxylic acids is 2. The average Bonchev–Trinajstić information content (AvgIpc) is 3.23. The van der Waals surface area contributed by atoms with Crippen molar-refractivity contribution in [2.45, 2.75) is 19.0 Å². The summed E-state index contributed by atoms with van der Waals surface area (Å²) in [6.45, 7) is 0.361. The molecule has 33 heavy (non-hydrogen) atoms. The number of nitrogens with one attached hydrogen (secondary N) is 4. The van der Waals surface area contributed by atoms with Gasteiger partial charge in [0.2, 0.25) is 5.91 Å². The Labute approximate surface area is 201 Å². The maximum absolute atomic E-state index is 13.1. The maximum atomic E-state index is 13.1. The van der Waals surface area contributed by atoms with Crippen molar-refractivity contribution in [2.24, 2.45) is 0 Å². The molecule has 3 aromatic carbocycles. The molecule has 4 rings (SSSR count). The number of halogens is 2. The van der Waals surface area contributed by atoms with E-state index in [1.807, 2.05) is 60.8 Å². The molecule has 1 heterocycles. The molecule has 168 valence electrons. The number of rotatable bonds is 7. The van der Waals surface area contributed by atoms with Crippen LogP contribution in [0.4, 0.5) is 10.5 Å². The quantitative estimate of drug-likeness (QED) is 0.280. The van der Waals surface area contributed by atoms with Crippen molar-refractivity contribution in [3.63, 3.8) is 0 Å². The Balaban J connectivity index is 1.50. The van der Waals surface area contributed by atoms with Crippen molar-refractivity contribution >= 4 is 51.7 Å². The third-order valence-electron chi connectivity index (χ3n) is 5.21. The molecule has 0 saturated heterocycles. The van der Waals surface area contributed by atoms with E-state index >= 15 is 0 Å². The van der Waals surface area contributed by atoms with Crippen LogP contribution in [0.3, 0.4) is 0 Å². The Hall–Kier alpha value is -3.48. The summed E-state index contributed by atoms with van der Waals surface area (Å²) < 4.78 is 0. The largest absolute Gasteiger partial charge is 0.361 e. The van der Waals surface area contributed by atoms with Gasteiger partial charge in [-0.25, -0.2) is 4.79 Å². The van der Waals surface area contributed by atoms with E-state index in [-0.39, 0.29) is 5.91 Å². The summed E-state index contributed by atoms with van der Waals surface area (Å²) >= 11 is 12.0. The first-order chi connectivity index (χ1) is 16.0. The molecule has 3 amide bonds. The zero-order valence-corrected chi connectivity index (χ0v) is 19.1. The van der Waals surface area contributed by atoms with Crippen LogP contribution < -0.4 is 16.0 Å². The molecule has 0 aliphatic heterocycles. The van der Waals surface area contributed by atoms with E-state index in [4.69, 9.17) is 23.2 Å². The maximum Gasteiger partial charge on any atom is 0.319 e. The molecule has 0 fully saturated rings. The predicted molar refractivity (Wildman–Crippen MR) is 133 cm³/mol. The number of H-pyrrole nitrogens is 1. The van der Waals surface area contributed by atoms with Gasteiger partial charge in [-0.3, -0.25) is 4.79 Å². The van der Waals surface area contributed by atoms with Crippen molar-refractivity contribution < 1.29 is 9.59 Å². The highest BCUT2D eigenvalue weighted by atomic mass is 35.5. The number of hydrogen-bond acceptors (Lipinski definition) is 2. The second-order valence-corrected chi connectivity index (χ2v) is 8.36. The number of carbonyl (C=O) groups is 2. The smallest absolute Gasteiger partial charge is 0.319 e. The van der Waals surface area contributed by atoms with E-state index in [0.717, 1.165) is 22.0 Å². The number of aromatic amines is 1. The number of urea groups is 1. The zero-order chi connectivity index (χ0) is 23.2. The van der Waals surface area contributed by atoms with Gasteiger partial charge in [-0.1, -0.05) is 71.7 Å². The number of hydrogen-bond donors (Lipinski definition) is 4. The van der Waals surface area contributed by atoms with Crippen molar-refractivity contribution in [2.75, 3.05) is 5.32 Å². The number of benzene rings is 3. The summed E-state index contributed by atoms with van der Waals surface area (Å²) in [5, 5.41) is 10.1. The van der Waals surface area contributed by atoms with Gasteiger partial charge in [0, 0.05) is 35.8 Å². The van der Waals surface area contributed by atoms with Gasteiger partial charge in [-0.05, 0) is 35.4 Å². The van der Waals surface area contributed by atoms with Crippen LogP contribution in [0.2, 0.25) is 10.0 Å². The summed E-state index contributed by atoms with van der Waals surface area (Å²) in [5.74, 6) is -0.284. The fourth-order valence-corrected chi connectivity index (χ4v) is 3.84. The fraction of sp³-hybridized carbons (Fsp3) is 0.120. The molecule has 0 bridgehead atoms. The number of aromatic nitrogens is 1. The van der Waals surface area contributed by atoms with E-state index in [1.165, 1.54) is 0 Å². The normalized spacial score (nSPS) is 11.7. The van der Waals surface area contributed by atoms with Gasteiger partial charge in [0.25, 0.3) is 0 Å². The highest BCUT2D eigenvalue weighted by Crippen LogP contribution is 2.25. The average molecular weight is 481 g/mol. The lowest BCUT2D eigenvalue weighted by Gasteiger charge is -2.19. The Morgan fingerprint density at radius 3 is 2.45 bits per heavy atom. The predicted octanol–water partition coefficient (Wildman–Crippen LogP) is 5.52. The Bertz CT molecular complexity index is 1270. The van der Waals surface area contributed by atoms with Crippen LogP contribution in [0.15, 0.2) is 79.0 Å². The molecule has 0 aliphatic carbocycles. The number of amides is 3. The lowest BCUT2D eigenvalue weighted by molar-refractivity contribution is -0.123. The highest BCUT2D eigenvalue weighted by molar-refractivity contribution is 6.42. The highest BCUT2D eigenvalue weighted by Gasteiger charge is 2.23. The molecule has 0 spiro atoms. The van der Waals surface area contributed by atoms with Gasteiger partial charge in [0.15, 0.2) is 0 Å². The standard InChI is InChI=1S/C25H22Cl2N4O2/c26-20-11-10-18(13-21(20)27)30-25(33)31-23(24(32)29-14-16-6-2-1-3-7-16)12-17-15-28-22-9-5-4-8-19(17)22/h1-11,13,15,23,28H,12,14H2,(H,29,32)(H2,30,31,33). The molecule has 4 N–H and O–H groups in total. The van der Waals surface area contributed by atoms with E-state index in [9.17, 15) is 9.59 Å². The van der Waals surface area contributed by atoms with Crippen molar-refractivity contribution in [1.82, 2.24) is 15.6 Å². The van der Waals surface area contributed by atoms with Gasteiger partial charge >= 0.3 is 6.03 Å². The molecular weight excluding hydrogens is 459 g/mol. The van der Waals surface area contributed by atoms with Crippen LogP contribution in [-0.4, -0.2) is 23.0 Å². The Morgan fingerprint density at radius 1 is 0.909 bits per heavy atom. The van der Waals surface area contributed by atoms with E-state index in [2.05, 4.69) is 20.9 Å². The van der Waals surface area contributed by atoms with Crippen molar-refractivity contribution in [3.8, 4) is 0 Å². The molecule has 0 aliphatic rings. The van der Waals surface area contributed by atoms with Crippen LogP contribution >= 0.6 is 23.2 Å². The van der Waals surface area contributed by atoms with Crippen molar-refractivity contribution in [1.29, 1.82) is 0 Å². The molecule has 4 aromatic rings. The fourth-order valence-electron chi connectivity index (χ4n) is 3.54. The molecule has 8 heteroatoms. The third kappa shape index (κ3) is 5.86. The van der Waals surface area contributed by atoms with Crippen LogP contribution in [-0.2, 0) is 17.8 Å².